The summed E-state index contributed by atoms with van der Waals surface area (Å²) in [6.07, 6.45) is 0.867. The first kappa shape index (κ1) is 19.1. The Hall–Kier alpha value is -2.27. The van der Waals surface area contributed by atoms with Crippen LogP contribution < -0.4 is 14.8 Å². The predicted octanol–water partition coefficient (Wildman–Crippen LogP) is 4.19. The molecule has 2 aromatic carbocycles. The van der Waals surface area contributed by atoms with E-state index in [9.17, 15) is 0 Å². The van der Waals surface area contributed by atoms with Crippen molar-refractivity contribution >= 4 is 23.0 Å². The molecule has 1 N–H and O–H groups in total. The number of likely N-dealkylation sites (N-methyl/N-ethyl adjacent to an activating group) is 1. The van der Waals surface area contributed by atoms with Crippen LogP contribution in [0, 0.1) is 13.8 Å². The van der Waals surface area contributed by atoms with Crippen LogP contribution in [0.2, 0.25) is 0 Å². The Kier molecular flexibility index (Phi) is 6.65. The largest absolute Gasteiger partial charge is 0.493 e. The van der Waals surface area contributed by atoms with Crippen molar-refractivity contribution in [3.8, 4) is 11.5 Å². The van der Waals surface area contributed by atoms with E-state index in [-0.39, 0.29) is 0 Å². The van der Waals surface area contributed by atoms with E-state index in [1.807, 2.05) is 24.1 Å². The predicted molar refractivity (Wildman–Crippen MR) is 108 cm³/mol. The average molecular weight is 359 g/mol. The summed E-state index contributed by atoms with van der Waals surface area (Å²) in [6.45, 7) is 4.98. The summed E-state index contributed by atoms with van der Waals surface area (Å²) in [5.41, 5.74) is 4.65. The minimum Gasteiger partial charge on any atom is -0.493 e. The Bertz CT molecular complexity index is 726. The second kappa shape index (κ2) is 8.72. The maximum Gasteiger partial charge on any atom is 0.173 e. The van der Waals surface area contributed by atoms with E-state index in [2.05, 4.69) is 43.4 Å². The van der Waals surface area contributed by atoms with Crippen LogP contribution in [0.4, 0.5) is 5.69 Å². The Balaban J connectivity index is 1.95. The maximum atomic E-state index is 5.52. The van der Waals surface area contributed by atoms with Crippen molar-refractivity contribution in [1.82, 2.24) is 4.90 Å². The smallest absolute Gasteiger partial charge is 0.173 e. The summed E-state index contributed by atoms with van der Waals surface area (Å²) in [6, 6.07) is 12.3. The fraction of sp³-hybridized carbons (Fsp3) is 0.350. The third-order valence-corrected chi connectivity index (χ3v) is 4.42. The molecule has 0 aliphatic carbocycles. The van der Waals surface area contributed by atoms with Gasteiger partial charge in [-0.1, -0.05) is 12.1 Å². The second-order valence-corrected chi connectivity index (χ2v) is 6.55. The van der Waals surface area contributed by atoms with E-state index in [0.717, 1.165) is 30.2 Å². The molecular weight excluding hydrogens is 332 g/mol. The number of ether oxygens (including phenoxy) is 2. The van der Waals surface area contributed by atoms with E-state index >= 15 is 0 Å². The van der Waals surface area contributed by atoms with Gasteiger partial charge in [-0.15, -0.1) is 0 Å². The first-order valence-electron chi connectivity index (χ1n) is 8.24. The molecular formula is C20H26N2O2S. The third-order valence-electron chi connectivity index (χ3n) is 4.00. The number of hydrogen-bond acceptors (Lipinski definition) is 3. The molecule has 0 aliphatic heterocycles. The summed E-state index contributed by atoms with van der Waals surface area (Å²) >= 11 is 5.52. The number of nitrogens with zero attached hydrogens (tertiary/aromatic N) is 1. The number of methoxy groups -OCH3 is 2. The molecule has 0 aromatic heterocycles. The zero-order valence-corrected chi connectivity index (χ0v) is 16.4. The number of rotatable bonds is 6. The van der Waals surface area contributed by atoms with Gasteiger partial charge in [-0.05, 0) is 73.4 Å². The molecule has 0 spiro atoms. The molecule has 0 radical (unpaired) electrons. The van der Waals surface area contributed by atoms with E-state index in [4.69, 9.17) is 21.7 Å². The van der Waals surface area contributed by atoms with Crippen LogP contribution in [0.15, 0.2) is 36.4 Å². The minimum atomic E-state index is 0.713. The maximum absolute atomic E-state index is 5.52. The molecule has 0 amide bonds. The standard InChI is InChI=1S/C20H26N2O2S/c1-14-10-15(2)12-17(11-14)21-20(25)22(3)9-8-16-6-7-18(23-4)19(13-16)24-5/h6-7,10-13H,8-9H2,1-5H3,(H,21,25). The summed E-state index contributed by atoms with van der Waals surface area (Å²) < 4.78 is 10.6. The first-order valence-corrected chi connectivity index (χ1v) is 8.65. The normalized spacial score (nSPS) is 10.3. The molecule has 0 unspecified atom stereocenters. The van der Waals surface area contributed by atoms with Crippen molar-refractivity contribution in [2.75, 3.05) is 33.1 Å². The van der Waals surface area contributed by atoms with E-state index in [1.165, 1.54) is 16.7 Å². The van der Waals surface area contributed by atoms with Gasteiger partial charge in [-0.25, -0.2) is 0 Å². The summed E-state index contributed by atoms with van der Waals surface area (Å²) in [4.78, 5) is 2.05. The number of anilines is 1. The fourth-order valence-electron chi connectivity index (χ4n) is 2.70. The molecule has 2 aromatic rings. The number of benzene rings is 2. The van der Waals surface area contributed by atoms with Gasteiger partial charge in [0.2, 0.25) is 0 Å². The van der Waals surface area contributed by atoms with Gasteiger partial charge >= 0.3 is 0 Å². The fourth-order valence-corrected chi connectivity index (χ4v) is 2.91. The van der Waals surface area contributed by atoms with Crippen LogP contribution in [0.25, 0.3) is 0 Å². The highest BCUT2D eigenvalue weighted by molar-refractivity contribution is 7.80. The molecule has 0 bridgehead atoms. The number of nitrogens with one attached hydrogen (secondary N) is 1. The lowest BCUT2D eigenvalue weighted by Crippen LogP contribution is -2.32. The minimum absolute atomic E-state index is 0.713. The third kappa shape index (κ3) is 5.36. The quantitative estimate of drug-likeness (QED) is 0.783. The highest BCUT2D eigenvalue weighted by atomic mass is 32.1. The molecule has 4 nitrogen and oxygen atoms in total. The Morgan fingerprint density at radius 2 is 1.64 bits per heavy atom. The molecule has 0 atom stereocenters. The topological polar surface area (TPSA) is 33.7 Å². The molecule has 134 valence electrons. The van der Waals surface area contributed by atoms with E-state index in [1.54, 1.807) is 14.2 Å². The summed E-state index contributed by atoms with van der Waals surface area (Å²) in [5.74, 6) is 1.49. The van der Waals surface area contributed by atoms with Crippen LogP contribution in [0.5, 0.6) is 11.5 Å². The molecule has 0 heterocycles. The van der Waals surface area contributed by atoms with Gasteiger partial charge in [-0.2, -0.15) is 0 Å². The molecule has 0 fully saturated rings. The van der Waals surface area contributed by atoms with Crippen molar-refractivity contribution in [1.29, 1.82) is 0 Å². The molecule has 5 heteroatoms. The molecule has 25 heavy (non-hydrogen) atoms. The van der Waals surface area contributed by atoms with E-state index in [0.29, 0.717) is 5.11 Å². The van der Waals surface area contributed by atoms with Gasteiger partial charge in [-0.3, -0.25) is 0 Å². The van der Waals surface area contributed by atoms with Crippen molar-refractivity contribution in [2.24, 2.45) is 0 Å². The first-order chi connectivity index (χ1) is 11.9. The van der Waals surface area contributed by atoms with Gasteiger partial charge in [0.1, 0.15) is 0 Å². The molecule has 0 saturated carbocycles. The molecule has 0 aliphatic rings. The van der Waals surface area contributed by atoms with E-state index < -0.39 is 0 Å². The van der Waals surface area contributed by atoms with Gasteiger partial charge in [0, 0.05) is 19.3 Å². The van der Waals surface area contributed by atoms with Crippen LogP contribution in [0.3, 0.4) is 0 Å². The van der Waals surface area contributed by atoms with Gasteiger partial charge in [0.15, 0.2) is 16.6 Å². The Labute approximate surface area is 155 Å². The van der Waals surface area contributed by atoms with Crippen molar-refractivity contribution < 1.29 is 9.47 Å². The lowest BCUT2D eigenvalue weighted by atomic mass is 10.1. The average Bonchev–Trinajstić information content (AvgIpc) is 2.58. The number of thiocarbonyl (C=S) groups is 1. The number of hydrogen-bond donors (Lipinski definition) is 1. The summed E-state index contributed by atoms with van der Waals surface area (Å²) in [5, 5.41) is 4.03. The van der Waals surface area contributed by atoms with Gasteiger partial charge in [0.25, 0.3) is 0 Å². The van der Waals surface area contributed by atoms with Crippen LogP contribution >= 0.6 is 12.2 Å². The lowest BCUT2D eigenvalue weighted by molar-refractivity contribution is 0.354. The van der Waals surface area contributed by atoms with Crippen molar-refractivity contribution in [3.05, 3.63) is 53.1 Å². The van der Waals surface area contributed by atoms with Crippen LogP contribution in [-0.2, 0) is 6.42 Å². The SMILES string of the molecule is COc1ccc(CCN(C)C(=S)Nc2cc(C)cc(C)c2)cc1OC. The van der Waals surface area contributed by atoms with Crippen LogP contribution in [-0.4, -0.2) is 37.8 Å². The molecule has 0 saturated heterocycles. The van der Waals surface area contributed by atoms with Crippen molar-refractivity contribution in [2.45, 2.75) is 20.3 Å². The zero-order valence-electron chi connectivity index (χ0n) is 15.6. The second-order valence-electron chi connectivity index (χ2n) is 6.17. The van der Waals surface area contributed by atoms with Crippen LogP contribution in [0.1, 0.15) is 16.7 Å². The number of aryl methyl sites for hydroxylation is 2. The Morgan fingerprint density at radius 3 is 2.24 bits per heavy atom. The van der Waals surface area contributed by atoms with Crippen molar-refractivity contribution in [3.63, 3.8) is 0 Å². The summed E-state index contributed by atoms with van der Waals surface area (Å²) in [7, 11) is 5.29. The lowest BCUT2D eigenvalue weighted by Gasteiger charge is -2.21. The van der Waals surface area contributed by atoms with Gasteiger partial charge in [0.05, 0.1) is 14.2 Å². The highest BCUT2D eigenvalue weighted by Gasteiger charge is 2.08. The molecule has 2 rings (SSSR count). The monoisotopic (exact) mass is 358 g/mol. The zero-order chi connectivity index (χ0) is 18.4. The van der Waals surface area contributed by atoms with Gasteiger partial charge < -0.3 is 19.7 Å². The Morgan fingerprint density at radius 1 is 1.00 bits per heavy atom. The highest BCUT2D eigenvalue weighted by Crippen LogP contribution is 2.27.